The van der Waals surface area contributed by atoms with Crippen LogP contribution in [-0.4, -0.2) is 56.4 Å². The Morgan fingerprint density at radius 1 is 1.42 bits per heavy atom. The zero-order valence-electron chi connectivity index (χ0n) is 15.2. The van der Waals surface area contributed by atoms with Gasteiger partial charge in [0.15, 0.2) is 0 Å². The van der Waals surface area contributed by atoms with Crippen molar-refractivity contribution in [1.29, 1.82) is 0 Å². The first-order valence-electron chi connectivity index (χ1n) is 8.95. The molecular weight excluding hydrogens is 334 g/mol. The summed E-state index contributed by atoms with van der Waals surface area (Å²) < 4.78 is 1.40. The third-order valence-electron chi connectivity index (χ3n) is 5.50. The number of aryl methyl sites for hydroxylation is 1. The SMILES string of the molecule is CCC[C@]1(CO)CCN(C(=O)c2ccc3c(=O)n(C)cnc3c2)C[C@H]1O. The molecule has 1 aliphatic rings. The van der Waals surface area contributed by atoms with Crippen molar-refractivity contribution >= 4 is 16.8 Å². The molecule has 26 heavy (non-hydrogen) atoms. The predicted octanol–water partition coefficient (Wildman–Crippen LogP) is 0.919. The van der Waals surface area contributed by atoms with Gasteiger partial charge in [-0.3, -0.25) is 9.59 Å². The van der Waals surface area contributed by atoms with E-state index in [1.54, 1.807) is 30.1 Å². The van der Waals surface area contributed by atoms with E-state index >= 15 is 0 Å². The maximum absolute atomic E-state index is 12.8. The molecule has 2 heterocycles. The molecule has 0 bridgehead atoms. The molecule has 2 N–H and O–H groups in total. The van der Waals surface area contributed by atoms with Crippen LogP contribution in [0, 0.1) is 5.41 Å². The number of amides is 1. The van der Waals surface area contributed by atoms with Crippen molar-refractivity contribution in [2.24, 2.45) is 12.5 Å². The van der Waals surface area contributed by atoms with E-state index in [2.05, 4.69) is 4.98 Å². The fourth-order valence-corrected chi connectivity index (χ4v) is 3.78. The lowest BCUT2D eigenvalue weighted by molar-refractivity contribution is -0.0713. The lowest BCUT2D eigenvalue weighted by atomic mass is 9.73. The number of benzene rings is 1. The number of β-amino-alcohol motifs (C(OH)–C–C–N with tert-alkyl or cyclic N) is 1. The summed E-state index contributed by atoms with van der Waals surface area (Å²) >= 11 is 0. The largest absolute Gasteiger partial charge is 0.396 e. The minimum atomic E-state index is -0.754. The summed E-state index contributed by atoms with van der Waals surface area (Å²) in [5.74, 6) is -0.198. The van der Waals surface area contributed by atoms with Crippen LogP contribution in [-0.2, 0) is 7.05 Å². The summed E-state index contributed by atoms with van der Waals surface area (Å²) in [5, 5.41) is 20.8. The van der Waals surface area contributed by atoms with Crippen LogP contribution < -0.4 is 5.56 Å². The van der Waals surface area contributed by atoms with Crippen LogP contribution >= 0.6 is 0 Å². The Morgan fingerprint density at radius 3 is 2.85 bits per heavy atom. The highest BCUT2D eigenvalue weighted by molar-refractivity contribution is 5.97. The highest BCUT2D eigenvalue weighted by Gasteiger charge is 2.42. The number of hydrogen-bond acceptors (Lipinski definition) is 5. The topological polar surface area (TPSA) is 95.7 Å². The number of carbonyl (C=O) groups excluding carboxylic acids is 1. The molecular formula is C19H25N3O4. The van der Waals surface area contributed by atoms with Crippen molar-refractivity contribution in [3.8, 4) is 0 Å². The maximum Gasteiger partial charge on any atom is 0.260 e. The first-order chi connectivity index (χ1) is 12.4. The van der Waals surface area contributed by atoms with Crippen molar-refractivity contribution < 1.29 is 15.0 Å². The summed E-state index contributed by atoms with van der Waals surface area (Å²) in [6.07, 6.45) is 2.85. The Balaban J connectivity index is 1.83. The highest BCUT2D eigenvalue weighted by Crippen LogP contribution is 2.36. The van der Waals surface area contributed by atoms with Crippen molar-refractivity contribution in [2.75, 3.05) is 19.7 Å². The van der Waals surface area contributed by atoms with E-state index in [1.807, 2.05) is 6.92 Å². The molecule has 0 unspecified atom stereocenters. The molecule has 0 spiro atoms. The third-order valence-corrected chi connectivity index (χ3v) is 5.50. The summed E-state index contributed by atoms with van der Waals surface area (Å²) in [4.78, 5) is 30.8. The molecule has 1 aromatic carbocycles. The number of fused-ring (bicyclic) bond motifs is 1. The summed E-state index contributed by atoms with van der Waals surface area (Å²) in [6, 6.07) is 4.86. The summed E-state index contributed by atoms with van der Waals surface area (Å²) in [5.41, 5.74) is 0.238. The predicted molar refractivity (Wildman–Crippen MR) is 97.9 cm³/mol. The van der Waals surface area contributed by atoms with Gasteiger partial charge in [0.05, 0.1) is 29.9 Å². The monoisotopic (exact) mass is 359 g/mol. The number of piperidine rings is 1. The molecule has 0 aliphatic carbocycles. The Bertz CT molecular complexity index is 879. The third kappa shape index (κ3) is 3.12. The molecule has 2 atom stereocenters. The number of rotatable bonds is 4. The molecule has 1 saturated heterocycles. The highest BCUT2D eigenvalue weighted by atomic mass is 16.3. The van der Waals surface area contributed by atoms with Crippen molar-refractivity contribution in [3.05, 3.63) is 40.4 Å². The van der Waals surface area contributed by atoms with Gasteiger partial charge < -0.3 is 19.7 Å². The average molecular weight is 359 g/mol. The van der Waals surface area contributed by atoms with Gasteiger partial charge in [-0.1, -0.05) is 13.3 Å². The smallest absolute Gasteiger partial charge is 0.260 e. The van der Waals surface area contributed by atoms with Gasteiger partial charge in [0, 0.05) is 31.1 Å². The lowest BCUT2D eigenvalue weighted by Crippen LogP contribution is -2.54. The fourth-order valence-electron chi connectivity index (χ4n) is 3.78. The summed E-state index contributed by atoms with van der Waals surface area (Å²) in [7, 11) is 1.63. The van der Waals surface area contributed by atoms with E-state index in [0.29, 0.717) is 29.4 Å². The first-order valence-corrected chi connectivity index (χ1v) is 8.95. The van der Waals surface area contributed by atoms with Gasteiger partial charge in [0.1, 0.15) is 0 Å². The van der Waals surface area contributed by atoms with Crippen LogP contribution in [0.2, 0.25) is 0 Å². The van der Waals surface area contributed by atoms with E-state index in [0.717, 1.165) is 12.8 Å². The number of nitrogens with zero attached hydrogens (tertiary/aromatic N) is 3. The molecule has 0 saturated carbocycles. The van der Waals surface area contributed by atoms with Gasteiger partial charge in [0.25, 0.3) is 11.5 Å². The van der Waals surface area contributed by atoms with Crippen LogP contribution in [0.4, 0.5) is 0 Å². The number of aliphatic hydroxyl groups is 2. The van der Waals surface area contributed by atoms with Gasteiger partial charge in [-0.2, -0.15) is 0 Å². The van der Waals surface area contributed by atoms with Gasteiger partial charge in [0.2, 0.25) is 0 Å². The lowest BCUT2D eigenvalue weighted by Gasteiger charge is -2.44. The Labute approximate surface area is 151 Å². The molecule has 7 heteroatoms. The van der Waals surface area contributed by atoms with Crippen LogP contribution in [0.15, 0.2) is 29.3 Å². The average Bonchev–Trinajstić information content (AvgIpc) is 2.65. The Hall–Kier alpha value is -2.25. The van der Waals surface area contributed by atoms with E-state index in [-0.39, 0.29) is 24.6 Å². The Morgan fingerprint density at radius 2 is 2.19 bits per heavy atom. The number of aromatic nitrogens is 2. The maximum atomic E-state index is 12.8. The van der Waals surface area contributed by atoms with Gasteiger partial charge in [-0.05, 0) is 31.0 Å². The second-order valence-corrected chi connectivity index (χ2v) is 7.18. The number of hydrogen-bond donors (Lipinski definition) is 2. The second-order valence-electron chi connectivity index (χ2n) is 7.18. The number of aliphatic hydroxyl groups excluding tert-OH is 2. The van der Waals surface area contributed by atoms with E-state index in [9.17, 15) is 19.8 Å². The normalized spacial score (nSPS) is 23.4. The number of carbonyl (C=O) groups is 1. The number of likely N-dealkylation sites (tertiary alicyclic amines) is 1. The van der Waals surface area contributed by atoms with Crippen LogP contribution in [0.3, 0.4) is 0 Å². The molecule has 1 amide bonds. The molecule has 1 aromatic heterocycles. The van der Waals surface area contributed by atoms with Gasteiger partial charge in [-0.25, -0.2) is 4.98 Å². The van der Waals surface area contributed by atoms with Crippen LogP contribution in [0.5, 0.6) is 0 Å². The first kappa shape index (κ1) is 18.5. The fraction of sp³-hybridized carbons (Fsp3) is 0.526. The minimum Gasteiger partial charge on any atom is -0.396 e. The molecule has 7 nitrogen and oxygen atoms in total. The van der Waals surface area contributed by atoms with E-state index in [1.165, 1.54) is 10.9 Å². The van der Waals surface area contributed by atoms with Crippen LogP contribution in [0.25, 0.3) is 10.9 Å². The molecule has 140 valence electrons. The Kier molecular flexibility index (Phi) is 5.11. The quantitative estimate of drug-likeness (QED) is 0.846. The summed E-state index contributed by atoms with van der Waals surface area (Å²) in [6.45, 7) is 2.63. The zero-order valence-corrected chi connectivity index (χ0v) is 15.2. The molecule has 1 aliphatic heterocycles. The standard InChI is InChI=1S/C19H25N3O4/c1-3-6-19(11-23)7-8-22(10-16(19)24)17(25)13-4-5-14-15(9-13)20-12-21(2)18(14)26/h4-5,9,12,16,23-24H,3,6-8,10-11H2,1-2H3/t16-,19-/m1/s1. The zero-order chi connectivity index (χ0) is 18.9. The minimum absolute atomic E-state index is 0.0762. The van der Waals surface area contributed by atoms with Crippen LogP contribution in [0.1, 0.15) is 36.5 Å². The van der Waals surface area contributed by atoms with Gasteiger partial charge >= 0.3 is 0 Å². The molecule has 0 radical (unpaired) electrons. The van der Waals surface area contributed by atoms with Crippen molar-refractivity contribution in [3.63, 3.8) is 0 Å². The molecule has 1 fully saturated rings. The van der Waals surface area contributed by atoms with E-state index < -0.39 is 11.5 Å². The molecule has 3 rings (SSSR count). The van der Waals surface area contributed by atoms with Crippen molar-refractivity contribution in [2.45, 2.75) is 32.3 Å². The van der Waals surface area contributed by atoms with E-state index in [4.69, 9.17) is 0 Å². The van der Waals surface area contributed by atoms with Gasteiger partial charge in [-0.15, -0.1) is 0 Å². The molecule has 2 aromatic rings. The second kappa shape index (κ2) is 7.17. The van der Waals surface area contributed by atoms with Crippen molar-refractivity contribution in [1.82, 2.24) is 14.5 Å².